The number of aromatic nitrogens is 3. The molecule has 1 aliphatic rings. The summed E-state index contributed by atoms with van der Waals surface area (Å²) in [5, 5.41) is 7.35. The smallest absolute Gasteiger partial charge is 0.224 e. The second-order valence-electron chi connectivity index (χ2n) is 4.48. The third kappa shape index (κ3) is 2.82. The fraction of sp³-hybridized carbons (Fsp3) is 0.727. The molecule has 17 heavy (non-hydrogen) atoms. The van der Waals surface area contributed by atoms with Gasteiger partial charge in [0.2, 0.25) is 5.91 Å². The summed E-state index contributed by atoms with van der Waals surface area (Å²) in [7, 11) is 0. The minimum Gasteiger partial charge on any atom is -0.337 e. The SMILES string of the molecule is CC1NCCN(C(=O)CCn2cncn2)C1C. The summed E-state index contributed by atoms with van der Waals surface area (Å²) in [6.07, 6.45) is 3.61. The lowest BCUT2D eigenvalue weighted by molar-refractivity contribution is -0.135. The number of hydrogen-bond acceptors (Lipinski definition) is 4. The largest absolute Gasteiger partial charge is 0.337 e. The summed E-state index contributed by atoms with van der Waals surface area (Å²) in [6.45, 7) is 6.47. The third-order valence-electron chi connectivity index (χ3n) is 3.38. The highest BCUT2D eigenvalue weighted by molar-refractivity contribution is 5.76. The lowest BCUT2D eigenvalue weighted by Gasteiger charge is -2.38. The number of piperazine rings is 1. The van der Waals surface area contributed by atoms with E-state index in [1.54, 1.807) is 11.0 Å². The predicted octanol–water partition coefficient (Wildman–Crippen LogP) is -0.123. The van der Waals surface area contributed by atoms with E-state index in [1.165, 1.54) is 6.33 Å². The van der Waals surface area contributed by atoms with Crippen molar-refractivity contribution in [3.8, 4) is 0 Å². The van der Waals surface area contributed by atoms with Crippen molar-refractivity contribution in [3.05, 3.63) is 12.7 Å². The third-order valence-corrected chi connectivity index (χ3v) is 3.38. The molecule has 1 aromatic heterocycles. The molecule has 6 heteroatoms. The molecular formula is C11H19N5O. The van der Waals surface area contributed by atoms with Crippen LogP contribution in [0.5, 0.6) is 0 Å². The van der Waals surface area contributed by atoms with Crippen LogP contribution in [0.25, 0.3) is 0 Å². The van der Waals surface area contributed by atoms with E-state index in [9.17, 15) is 4.79 Å². The zero-order chi connectivity index (χ0) is 12.3. The van der Waals surface area contributed by atoms with Gasteiger partial charge in [0.1, 0.15) is 12.7 Å². The number of rotatable bonds is 3. The first-order valence-corrected chi connectivity index (χ1v) is 6.03. The highest BCUT2D eigenvalue weighted by Gasteiger charge is 2.27. The predicted molar refractivity (Wildman–Crippen MR) is 63.3 cm³/mol. The van der Waals surface area contributed by atoms with Gasteiger partial charge >= 0.3 is 0 Å². The van der Waals surface area contributed by atoms with Crippen molar-refractivity contribution in [3.63, 3.8) is 0 Å². The van der Waals surface area contributed by atoms with E-state index in [-0.39, 0.29) is 11.9 Å². The molecule has 1 aromatic rings. The van der Waals surface area contributed by atoms with Gasteiger partial charge in [0.05, 0.1) is 6.54 Å². The van der Waals surface area contributed by atoms with Crippen molar-refractivity contribution >= 4 is 5.91 Å². The van der Waals surface area contributed by atoms with Crippen molar-refractivity contribution in [1.29, 1.82) is 0 Å². The number of carbonyl (C=O) groups is 1. The Morgan fingerprint density at radius 3 is 3.06 bits per heavy atom. The average Bonchev–Trinajstić information content (AvgIpc) is 2.82. The van der Waals surface area contributed by atoms with E-state index in [0.29, 0.717) is 19.0 Å². The van der Waals surface area contributed by atoms with Crippen LogP contribution in [0.4, 0.5) is 0 Å². The second-order valence-corrected chi connectivity index (χ2v) is 4.48. The van der Waals surface area contributed by atoms with E-state index in [2.05, 4.69) is 29.2 Å². The molecule has 0 saturated carbocycles. The van der Waals surface area contributed by atoms with Gasteiger partial charge in [0, 0.05) is 31.6 Å². The maximum atomic E-state index is 12.1. The Balaban J connectivity index is 1.86. The molecule has 6 nitrogen and oxygen atoms in total. The highest BCUT2D eigenvalue weighted by Crippen LogP contribution is 2.10. The lowest BCUT2D eigenvalue weighted by Crippen LogP contribution is -2.57. The van der Waals surface area contributed by atoms with Crippen molar-refractivity contribution in [2.75, 3.05) is 13.1 Å². The van der Waals surface area contributed by atoms with Gasteiger partial charge < -0.3 is 10.2 Å². The molecule has 2 rings (SSSR count). The molecular weight excluding hydrogens is 218 g/mol. The number of nitrogens with zero attached hydrogens (tertiary/aromatic N) is 4. The molecule has 1 amide bonds. The molecule has 0 aliphatic carbocycles. The van der Waals surface area contributed by atoms with Crippen LogP contribution in [-0.4, -0.2) is 50.7 Å². The first-order chi connectivity index (χ1) is 8.18. The summed E-state index contributed by atoms with van der Waals surface area (Å²) < 4.78 is 1.69. The molecule has 2 heterocycles. The average molecular weight is 237 g/mol. The zero-order valence-corrected chi connectivity index (χ0v) is 10.3. The molecule has 2 unspecified atom stereocenters. The topological polar surface area (TPSA) is 63.1 Å². The van der Waals surface area contributed by atoms with Crippen LogP contribution in [-0.2, 0) is 11.3 Å². The molecule has 2 atom stereocenters. The van der Waals surface area contributed by atoms with Crippen molar-refractivity contribution in [2.45, 2.75) is 38.9 Å². The number of carbonyl (C=O) groups excluding carboxylic acids is 1. The molecule has 0 aromatic carbocycles. The van der Waals surface area contributed by atoms with E-state index >= 15 is 0 Å². The van der Waals surface area contributed by atoms with Crippen molar-refractivity contribution in [2.24, 2.45) is 0 Å². The van der Waals surface area contributed by atoms with Gasteiger partial charge in [0.25, 0.3) is 0 Å². The van der Waals surface area contributed by atoms with Crippen LogP contribution in [0, 0.1) is 0 Å². The van der Waals surface area contributed by atoms with Crippen LogP contribution in [0.2, 0.25) is 0 Å². The van der Waals surface area contributed by atoms with Crippen LogP contribution in [0.15, 0.2) is 12.7 Å². The lowest BCUT2D eigenvalue weighted by atomic mass is 10.1. The summed E-state index contributed by atoms with van der Waals surface area (Å²) in [6, 6.07) is 0.617. The fourth-order valence-electron chi connectivity index (χ4n) is 2.11. The van der Waals surface area contributed by atoms with Gasteiger partial charge in [-0.15, -0.1) is 0 Å². The van der Waals surface area contributed by atoms with Crippen LogP contribution >= 0.6 is 0 Å². The van der Waals surface area contributed by atoms with E-state index < -0.39 is 0 Å². The maximum Gasteiger partial charge on any atom is 0.224 e. The molecule has 94 valence electrons. The van der Waals surface area contributed by atoms with Crippen LogP contribution in [0.1, 0.15) is 20.3 Å². The maximum absolute atomic E-state index is 12.1. The number of amides is 1. The summed E-state index contributed by atoms with van der Waals surface area (Å²) >= 11 is 0. The van der Waals surface area contributed by atoms with Gasteiger partial charge in [-0.25, -0.2) is 4.98 Å². The van der Waals surface area contributed by atoms with Gasteiger partial charge in [-0.3, -0.25) is 9.48 Å². The number of aryl methyl sites for hydroxylation is 1. The Hall–Kier alpha value is -1.43. The molecule has 0 radical (unpaired) electrons. The van der Waals surface area contributed by atoms with Crippen LogP contribution < -0.4 is 5.32 Å². The normalized spacial score (nSPS) is 24.9. The van der Waals surface area contributed by atoms with E-state index in [0.717, 1.165) is 13.1 Å². The van der Waals surface area contributed by atoms with Gasteiger partial charge in [-0.2, -0.15) is 5.10 Å². The Bertz CT molecular complexity index is 364. The van der Waals surface area contributed by atoms with Gasteiger partial charge in [-0.1, -0.05) is 0 Å². The Labute approximate surface area is 101 Å². The van der Waals surface area contributed by atoms with Crippen LogP contribution in [0.3, 0.4) is 0 Å². The summed E-state index contributed by atoms with van der Waals surface area (Å²) in [4.78, 5) is 17.9. The first kappa shape index (κ1) is 12.0. The molecule has 0 spiro atoms. The van der Waals surface area contributed by atoms with Gasteiger partial charge in [-0.05, 0) is 13.8 Å². The summed E-state index contributed by atoms with van der Waals surface area (Å²) in [5.41, 5.74) is 0. The minimum absolute atomic E-state index is 0.196. The fourth-order valence-corrected chi connectivity index (χ4v) is 2.11. The standard InChI is InChI=1S/C11H19N5O/c1-9-10(2)16(6-4-13-9)11(17)3-5-15-8-12-7-14-15/h7-10,13H,3-6H2,1-2H3. The Morgan fingerprint density at radius 1 is 1.53 bits per heavy atom. The van der Waals surface area contributed by atoms with Crippen molar-refractivity contribution in [1.82, 2.24) is 25.0 Å². The number of hydrogen-bond donors (Lipinski definition) is 1. The minimum atomic E-state index is 0.196. The highest BCUT2D eigenvalue weighted by atomic mass is 16.2. The quantitative estimate of drug-likeness (QED) is 0.796. The molecule has 1 N–H and O–H groups in total. The Morgan fingerprint density at radius 2 is 2.35 bits per heavy atom. The summed E-state index contributed by atoms with van der Waals surface area (Å²) in [5.74, 6) is 0.196. The monoisotopic (exact) mass is 237 g/mol. The van der Waals surface area contributed by atoms with Gasteiger partial charge in [0.15, 0.2) is 0 Å². The van der Waals surface area contributed by atoms with E-state index in [1.807, 2.05) is 4.90 Å². The van der Waals surface area contributed by atoms with E-state index in [4.69, 9.17) is 0 Å². The first-order valence-electron chi connectivity index (χ1n) is 6.03. The van der Waals surface area contributed by atoms with Crippen molar-refractivity contribution < 1.29 is 4.79 Å². The number of nitrogens with one attached hydrogen (secondary N) is 1. The molecule has 1 fully saturated rings. The molecule has 0 bridgehead atoms. The molecule has 1 saturated heterocycles. The zero-order valence-electron chi connectivity index (χ0n) is 10.3. The second kappa shape index (κ2) is 5.27. The molecule has 1 aliphatic heterocycles. The Kier molecular flexibility index (Phi) is 3.73.